The third-order valence-electron chi connectivity index (χ3n) is 6.29. The van der Waals surface area contributed by atoms with E-state index in [1.54, 1.807) is 12.1 Å². The Bertz CT molecular complexity index is 825. The molecule has 0 radical (unpaired) electrons. The van der Waals surface area contributed by atoms with Crippen LogP contribution in [0.5, 0.6) is 0 Å². The van der Waals surface area contributed by atoms with Gasteiger partial charge in [-0.15, -0.1) is 0 Å². The van der Waals surface area contributed by atoms with Gasteiger partial charge in [-0.05, 0) is 62.4 Å². The Balaban J connectivity index is 1.25. The van der Waals surface area contributed by atoms with Crippen LogP contribution in [0.4, 0.5) is 10.1 Å². The predicted octanol–water partition coefficient (Wildman–Crippen LogP) is 4.13. The molecule has 1 amide bonds. The van der Waals surface area contributed by atoms with Gasteiger partial charge < -0.3 is 10.3 Å². The van der Waals surface area contributed by atoms with Crippen LogP contribution in [0.15, 0.2) is 30.5 Å². The van der Waals surface area contributed by atoms with Crippen LogP contribution in [0.2, 0.25) is 0 Å². The molecule has 2 heterocycles. The fourth-order valence-electron chi connectivity index (χ4n) is 4.42. The zero-order valence-corrected chi connectivity index (χ0v) is 16.5. The minimum atomic E-state index is -0.326. The number of benzene rings is 1. The largest absolute Gasteiger partial charge is 0.345 e. The van der Waals surface area contributed by atoms with E-state index < -0.39 is 0 Å². The second kappa shape index (κ2) is 8.03. The highest BCUT2D eigenvalue weighted by molar-refractivity contribution is 5.95. The monoisotopic (exact) mass is 384 g/mol. The number of hydrogen-bond acceptors (Lipinski definition) is 3. The fourth-order valence-corrected chi connectivity index (χ4v) is 4.42. The molecule has 0 bridgehead atoms. The standard InChI is InChI=1S/C22H29FN4O/c1-2-3-7-20-24-14-18(25-20)15-27-10-8-22(9-11-27)13-19(22)21(28)26-17-6-4-5-16(23)12-17/h4-6,12,14,19H,2-3,7-11,13,15H2,1H3,(H,24,25)(H,26,28)/t19-/m0/s1. The highest BCUT2D eigenvalue weighted by Crippen LogP contribution is 2.59. The number of rotatable bonds is 7. The van der Waals surface area contributed by atoms with Crippen molar-refractivity contribution in [2.45, 2.75) is 52.0 Å². The number of nitrogens with one attached hydrogen (secondary N) is 2. The average molecular weight is 384 g/mol. The van der Waals surface area contributed by atoms with Gasteiger partial charge in [-0.3, -0.25) is 9.69 Å². The lowest BCUT2D eigenvalue weighted by Crippen LogP contribution is -2.35. The van der Waals surface area contributed by atoms with E-state index in [2.05, 4.69) is 27.1 Å². The maximum atomic E-state index is 13.3. The molecule has 1 saturated heterocycles. The van der Waals surface area contributed by atoms with Gasteiger partial charge in [0.2, 0.25) is 5.91 Å². The molecule has 2 N–H and O–H groups in total. The minimum Gasteiger partial charge on any atom is -0.345 e. The normalized spacial score (nSPS) is 21.0. The molecular weight excluding hydrogens is 355 g/mol. The molecule has 2 aromatic rings. The number of hydrogen-bond donors (Lipinski definition) is 2. The number of carbonyl (C=O) groups excluding carboxylic acids is 1. The van der Waals surface area contributed by atoms with Crippen LogP contribution in [-0.2, 0) is 17.8 Å². The van der Waals surface area contributed by atoms with Crippen LogP contribution in [-0.4, -0.2) is 33.9 Å². The molecule has 1 aliphatic carbocycles. The van der Waals surface area contributed by atoms with Crippen LogP contribution < -0.4 is 5.32 Å². The van der Waals surface area contributed by atoms with Crippen LogP contribution in [0.25, 0.3) is 0 Å². The Morgan fingerprint density at radius 2 is 2.21 bits per heavy atom. The van der Waals surface area contributed by atoms with Crippen molar-refractivity contribution >= 4 is 11.6 Å². The highest BCUT2D eigenvalue weighted by atomic mass is 19.1. The lowest BCUT2D eigenvalue weighted by Gasteiger charge is -2.32. The summed E-state index contributed by atoms with van der Waals surface area (Å²) in [5.74, 6) is 0.855. The van der Waals surface area contributed by atoms with Gasteiger partial charge in [-0.25, -0.2) is 9.37 Å². The highest BCUT2D eigenvalue weighted by Gasteiger charge is 2.58. The minimum absolute atomic E-state index is 0.0354. The van der Waals surface area contributed by atoms with Gasteiger partial charge in [0.15, 0.2) is 0 Å². The maximum absolute atomic E-state index is 13.3. The molecule has 28 heavy (non-hydrogen) atoms. The lowest BCUT2D eigenvalue weighted by atomic mass is 9.90. The number of nitrogens with zero attached hydrogens (tertiary/aromatic N) is 2. The zero-order valence-electron chi connectivity index (χ0n) is 16.5. The van der Waals surface area contributed by atoms with E-state index in [4.69, 9.17) is 0 Å². The van der Waals surface area contributed by atoms with E-state index in [0.717, 1.165) is 57.6 Å². The molecule has 1 saturated carbocycles. The molecule has 4 rings (SSSR count). The summed E-state index contributed by atoms with van der Waals surface area (Å²) < 4.78 is 13.3. The number of amides is 1. The SMILES string of the molecule is CCCCc1ncc(CN2CCC3(CC2)C[C@H]3C(=O)Nc2cccc(F)c2)[nH]1. The number of carbonyl (C=O) groups is 1. The van der Waals surface area contributed by atoms with Gasteiger partial charge >= 0.3 is 0 Å². The first-order chi connectivity index (χ1) is 13.6. The Morgan fingerprint density at radius 3 is 2.96 bits per heavy atom. The molecule has 2 fully saturated rings. The summed E-state index contributed by atoms with van der Waals surface area (Å²) in [6, 6.07) is 6.11. The molecule has 5 nitrogen and oxygen atoms in total. The number of halogens is 1. The Hall–Kier alpha value is -2.21. The van der Waals surface area contributed by atoms with E-state index in [-0.39, 0.29) is 23.1 Å². The van der Waals surface area contributed by atoms with Crippen molar-refractivity contribution in [1.82, 2.24) is 14.9 Å². The predicted molar refractivity (Wildman–Crippen MR) is 107 cm³/mol. The molecule has 1 aromatic carbocycles. The van der Waals surface area contributed by atoms with Crippen molar-refractivity contribution in [1.29, 1.82) is 0 Å². The van der Waals surface area contributed by atoms with E-state index in [9.17, 15) is 9.18 Å². The molecule has 0 unspecified atom stereocenters. The second-order valence-electron chi connectivity index (χ2n) is 8.35. The summed E-state index contributed by atoms with van der Waals surface area (Å²) in [5.41, 5.74) is 1.87. The van der Waals surface area contributed by atoms with Gasteiger partial charge in [0, 0.05) is 36.5 Å². The Morgan fingerprint density at radius 1 is 1.39 bits per heavy atom. The van der Waals surface area contributed by atoms with Crippen molar-refractivity contribution in [2.24, 2.45) is 11.3 Å². The smallest absolute Gasteiger partial charge is 0.228 e. The summed E-state index contributed by atoms with van der Waals surface area (Å²) in [5, 5.41) is 2.88. The number of aromatic amines is 1. The summed E-state index contributed by atoms with van der Waals surface area (Å²) in [6.07, 6.45) is 8.36. The van der Waals surface area contributed by atoms with Gasteiger partial charge in [-0.2, -0.15) is 0 Å². The number of aromatic nitrogens is 2. The Kier molecular flexibility index (Phi) is 5.49. The molecule has 150 valence electrons. The summed E-state index contributed by atoms with van der Waals surface area (Å²) in [4.78, 5) is 22.9. The summed E-state index contributed by atoms with van der Waals surface area (Å²) >= 11 is 0. The number of anilines is 1. The van der Waals surface area contributed by atoms with Gasteiger partial charge in [-0.1, -0.05) is 19.4 Å². The van der Waals surface area contributed by atoms with Crippen molar-refractivity contribution in [3.05, 3.63) is 47.8 Å². The first-order valence-corrected chi connectivity index (χ1v) is 10.4. The van der Waals surface area contributed by atoms with Gasteiger partial charge in [0.1, 0.15) is 11.6 Å². The van der Waals surface area contributed by atoms with Crippen LogP contribution in [0.1, 0.15) is 50.5 Å². The van der Waals surface area contributed by atoms with Crippen molar-refractivity contribution < 1.29 is 9.18 Å². The molecule has 1 spiro atoms. The van der Waals surface area contributed by atoms with Crippen LogP contribution in [0.3, 0.4) is 0 Å². The number of imidazole rings is 1. The maximum Gasteiger partial charge on any atom is 0.228 e. The fraction of sp³-hybridized carbons (Fsp3) is 0.545. The number of piperidine rings is 1. The number of aryl methyl sites for hydroxylation is 1. The van der Waals surface area contributed by atoms with Crippen molar-refractivity contribution in [2.75, 3.05) is 18.4 Å². The first kappa shape index (κ1) is 19.1. The van der Waals surface area contributed by atoms with Crippen molar-refractivity contribution in [3.8, 4) is 0 Å². The lowest BCUT2D eigenvalue weighted by molar-refractivity contribution is -0.118. The van der Waals surface area contributed by atoms with E-state index in [1.807, 2.05) is 6.20 Å². The first-order valence-electron chi connectivity index (χ1n) is 10.4. The topological polar surface area (TPSA) is 61.0 Å². The average Bonchev–Trinajstić information content (AvgIpc) is 3.20. The summed E-state index contributed by atoms with van der Waals surface area (Å²) in [7, 11) is 0. The van der Waals surface area contributed by atoms with E-state index >= 15 is 0 Å². The van der Waals surface area contributed by atoms with Gasteiger partial charge in [0.05, 0.1) is 0 Å². The molecule has 6 heteroatoms. The van der Waals surface area contributed by atoms with Gasteiger partial charge in [0.25, 0.3) is 0 Å². The molecule has 1 atom stereocenters. The quantitative estimate of drug-likeness (QED) is 0.754. The molecule has 1 aromatic heterocycles. The number of likely N-dealkylation sites (tertiary alicyclic amines) is 1. The second-order valence-corrected chi connectivity index (χ2v) is 8.35. The van der Waals surface area contributed by atoms with E-state index in [1.165, 1.54) is 24.2 Å². The van der Waals surface area contributed by atoms with Crippen LogP contribution >= 0.6 is 0 Å². The number of H-pyrrole nitrogens is 1. The zero-order chi connectivity index (χ0) is 19.6. The molecular formula is C22H29FN4O. The third kappa shape index (κ3) is 4.27. The van der Waals surface area contributed by atoms with Crippen LogP contribution in [0, 0.1) is 17.2 Å². The van der Waals surface area contributed by atoms with E-state index in [0.29, 0.717) is 5.69 Å². The molecule has 1 aliphatic heterocycles. The van der Waals surface area contributed by atoms with Crippen molar-refractivity contribution in [3.63, 3.8) is 0 Å². The third-order valence-corrected chi connectivity index (χ3v) is 6.29. The number of unbranched alkanes of at least 4 members (excludes halogenated alkanes) is 1. The Labute approximate surface area is 165 Å². The summed E-state index contributed by atoms with van der Waals surface area (Å²) in [6.45, 7) is 5.10. The molecule has 2 aliphatic rings.